The van der Waals surface area contributed by atoms with Crippen LogP contribution in [-0.4, -0.2) is 34.5 Å². The summed E-state index contributed by atoms with van der Waals surface area (Å²) in [5, 5.41) is 13.8. The molecule has 0 fully saturated rings. The highest BCUT2D eigenvalue weighted by Crippen LogP contribution is 2.31. The molecule has 1 aliphatic rings. The quantitative estimate of drug-likeness (QED) is 0.434. The van der Waals surface area contributed by atoms with Crippen molar-refractivity contribution in [2.24, 2.45) is 0 Å². The van der Waals surface area contributed by atoms with E-state index in [1.165, 1.54) is 17.0 Å². The summed E-state index contributed by atoms with van der Waals surface area (Å²) in [4.78, 5) is 36.9. The van der Waals surface area contributed by atoms with Crippen LogP contribution in [0.2, 0.25) is 0 Å². The molecule has 3 aromatic rings. The van der Waals surface area contributed by atoms with Gasteiger partial charge in [0.15, 0.2) is 0 Å². The van der Waals surface area contributed by atoms with Crippen LogP contribution in [0.15, 0.2) is 66.7 Å². The standard InChI is InChI=1S/C25H20F3N3O4/c26-25(27,28)18-2-1-3-20(13-18)30-24(35)29-19-7-4-15(5-8-19)16-6-9-21-17(12-16)14-31(23(21)34)11-10-22(32)33/h1-9,12-13H,10-11,14H2,(H,32,33)(H2,29,30,35). The molecule has 10 heteroatoms. The van der Waals surface area contributed by atoms with E-state index in [2.05, 4.69) is 10.6 Å². The van der Waals surface area contributed by atoms with Crippen molar-refractivity contribution < 1.29 is 32.7 Å². The van der Waals surface area contributed by atoms with Crippen LogP contribution < -0.4 is 10.6 Å². The van der Waals surface area contributed by atoms with E-state index in [-0.39, 0.29) is 24.6 Å². The lowest BCUT2D eigenvalue weighted by molar-refractivity contribution is -0.138. The van der Waals surface area contributed by atoms with Crippen LogP contribution >= 0.6 is 0 Å². The van der Waals surface area contributed by atoms with Gasteiger partial charge in [-0.15, -0.1) is 0 Å². The highest BCUT2D eigenvalue weighted by Gasteiger charge is 2.30. The molecule has 0 saturated carbocycles. The Labute approximate surface area is 198 Å². The predicted molar refractivity (Wildman–Crippen MR) is 123 cm³/mol. The number of rotatable bonds is 6. The number of carbonyl (C=O) groups is 3. The van der Waals surface area contributed by atoms with E-state index >= 15 is 0 Å². The SMILES string of the molecule is O=C(O)CCN1Cc2cc(-c3ccc(NC(=O)Nc4cccc(C(F)(F)F)c4)cc3)ccc2C1=O. The van der Waals surface area contributed by atoms with E-state index in [0.29, 0.717) is 17.8 Å². The molecule has 3 N–H and O–H groups in total. The third kappa shape index (κ3) is 5.60. The molecule has 0 radical (unpaired) electrons. The van der Waals surface area contributed by atoms with Crippen LogP contribution in [-0.2, 0) is 17.5 Å². The van der Waals surface area contributed by atoms with E-state index in [0.717, 1.165) is 28.8 Å². The minimum atomic E-state index is -4.51. The third-order valence-electron chi connectivity index (χ3n) is 5.50. The smallest absolute Gasteiger partial charge is 0.416 e. The molecule has 0 unspecified atom stereocenters. The fraction of sp³-hybridized carbons (Fsp3) is 0.160. The lowest BCUT2D eigenvalue weighted by Gasteiger charge is -2.13. The van der Waals surface area contributed by atoms with Crippen LogP contribution in [0.5, 0.6) is 0 Å². The van der Waals surface area contributed by atoms with Crippen molar-refractivity contribution in [1.82, 2.24) is 4.90 Å². The number of carboxylic acid groups (broad SMARTS) is 1. The largest absolute Gasteiger partial charge is 0.481 e. The first-order valence-electron chi connectivity index (χ1n) is 10.6. The molecule has 3 amide bonds. The number of fused-ring (bicyclic) bond motifs is 1. The number of halogens is 3. The Bertz CT molecular complexity index is 1290. The van der Waals surface area contributed by atoms with Gasteiger partial charge in [-0.25, -0.2) is 4.79 Å². The third-order valence-corrected chi connectivity index (χ3v) is 5.50. The number of anilines is 2. The first-order valence-corrected chi connectivity index (χ1v) is 10.6. The molecule has 4 rings (SSSR count). The van der Waals surface area contributed by atoms with Gasteiger partial charge in [0.25, 0.3) is 5.91 Å². The van der Waals surface area contributed by atoms with Crippen molar-refractivity contribution in [1.29, 1.82) is 0 Å². The molecule has 0 spiro atoms. The van der Waals surface area contributed by atoms with Crippen LogP contribution in [0.25, 0.3) is 11.1 Å². The van der Waals surface area contributed by atoms with Crippen molar-refractivity contribution in [3.63, 3.8) is 0 Å². The number of amides is 3. The van der Waals surface area contributed by atoms with Crippen LogP contribution in [0.4, 0.5) is 29.3 Å². The van der Waals surface area contributed by atoms with Crippen molar-refractivity contribution >= 4 is 29.3 Å². The van der Waals surface area contributed by atoms with Gasteiger partial charge in [-0.1, -0.05) is 24.3 Å². The van der Waals surface area contributed by atoms with Gasteiger partial charge in [0, 0.05) is 30.0 Å². The summed E-state index contributed by atoms with van der Waals surface area (Å²) in [6.07, 6.45) is -4.63. The van der Waals surface area contributed by atoms with Gasteiger partial charge in [0.2, 0.25) is 0 Å². The van der Waals surface area contributed by atoms with E-state index in [1.807, 2.05) is 6.07 Å². The minimum Gasteiger partial charge on any atom is -0.481 e. The van der Waals surface area contributed by atoms with E-state index < -0.39 is 23.7 Å². The summed E-state index contributed by atoms with van der Waals surface area (Å²) in [5.41, 5.74) is 2.61. The number of benzene rings is 3. The van der Waals surface area contributed by atoms with Crippen LogP contribution in [0, 0.1) is 0 Å². The predicted octanol–water partition coefficient (Wildman–Crippen LogP) is 5.45. The maximum absolute atomic E-state index is 12.8. The van der Waals surface area contributed by atoms with Crippen molar-refractivity contribution in [2.75, 3.05) is 17.2 Å². The van der Waals surface area contributed by atoms with Gasteiger partial charge in [-0.2, -0.15) is 13.2 Å². The highest BCUT2D eigenvalue weighted by molar-refractivity contribution is 6.00. The minimum absolute atomic E-state index is 0.0130. The van der Waals surface area contributed by atoms with Crippen molar-refractivity contribution in [2.45, 2.75) is 19.1 Å². The molecule has 0 aromatic heterocycles. The highest BCUT2D eigenvalue weighted by atomic mass is 19.4. The number of aliphatic carboxylic acids is 1. The molecule has 0 saturated heterocycles. The second-order valence-electron chi connectivity index (χ2n) is 7.98. The Hall–Kier alpha value is -4.34. The summed E-state index contributed by atoms with van der Waals surface area (Å²) in [5.74, 6) is -1.16. The molecule has 35 heavy (non-hydrogen) atoms. The Morgan fingerprint density at radius 3 is 2.29 bits per heavy atom. The first kappa shape index (κ1) is 23.8. The topological polar surface area (TPSA) is 98.7 Å². The second kappa shape index (κ2) is 9.49. The molecular weight excluding hydrogens is 463 g/mol. The Balaban J connectivity index is 1.40. The first-order chi connectivity index (χ1) is 16.6. The Morgan fingerprint density at radius 1 is 0.914 bits per heavy atom. The van der Waals surface area contributed by atoms with Crippen molar-refractivity contribution in [3.05, 3.63) is 83.4 Å². The van der Waals surface area contributed by atoms with Crippen LogP contribution in [0.3, 0.4) is 0 Å². The summed E-state index contributed by atoms with van der Waals surface area (Å²) in [7, 11) is 0. The van der Waals surface area contributed by atoms with Crippen molar-refractivity contribution in [3.8, 4) is 11.1 Å². The molecule has 1 heterocycles. The van der Waals surface area contributed by atoms with Crippen LogP contribution in [0.1, 0.15) is 27.9 Å². The number of hydrogen-bond donors (Lipinski definition) is 3. The van der Waals surface area contributed by atoms with E-state index in [4.69, 9.17) is 5.11 Å². The number of carboxylic acids is 1. The molecular formula is C25H20F3N3O4. The Morgan fingerprint density at radius 2 is 1.60 bits per heavy atom. The number of hydrogen-bond acceptors (Lipinski definition) is 3. The average Bonchev–Trinajstić information content (AvgIpc) is 3.12. The lowest BCUT2D eigenvalue weighted by atomic mass is 10.0. The lowest BCUT2D eigenvalue weighted by Crippen LogP contribution is -2.26. The van der Waals surface area contributed by atoms with Gasteiger partial charge in [0.05, 0.1) is 12.0 Å². The number of carbonyl (C=O) groups excluding carboxylic acids is 2. The number of nitrogens with zero attached hydrogens (tertiary/aromatic N) is 1. The fourth-order valence-electron chi connectivity index (χ4n) is 3.78. The second-order valence-corrected chi connectivity index (χ2v) is 7.98. The molecule has 7 nitrogen and oxygen atoms in total. The summed E-state index contributed by atoms with van der Waals surface area (Å²) < 4.78 is 38.5. The summed E-state index contributed by atoms with van der Waals surface area (Å²) >= 11 is 0. The van der Waals surface area contributed by atoms with Gasteiger partial charge in [0.1, 0.15) is 0 Å². The molecule has 0 aliphatic carbocycles. The molecule has 1 aliphatic heterocycles. The average molecular weight is 483 g/mol. The summed E-state index contributed by atoms with van der Waals surface area (Å²) in [6, 6.07) is 15.9. The molecule has 0 bridgehead atoms. The zero-order chi connectivity index (χ0) is 25.2. The normalized spacial score (nSPS) is 12.9. The number of urea groups is 1. The summed E-state index contributed by atoms with van der Waals surface area (Å²) in [6.45, 7) is 0.478. The Kier molecular flexibility index (Phi) is 6.46. The fourth-order valence-corrected chi connectivity index (χ4v) is 3.78. The molecule has 0 atom stereocenters. The maximum Gasteiger partial charge on any atom is 0.416 e. The zero-order valence-electron chi connectivity index (χ0n) is 18.2. The zero-order valence-corrected chi connectivity index (χ0v) is 18.2. The molecule has 180 valence electrons. The number of nitrogens with one attached hydrogen (secondary N) is 2. The van der Waals surface area contributed by atoms with Gasteiger partial charge in [-0.05, 0) is 59.2 Å². The maximum atomic E-state index is 12.8. The molecule has 3 aromatic carbocycles. The van der Waals surface area contributed by atoms with E-state index in [9.17, 15) is 27.6 Å². The van der Waals surface area contributed by atoms with Gasteiger partial charge >= 0.3 is 18.2 Å². The monoisotopic (exact) mass is 483 g/mol. The van der Waals surface area contributed by atoms with Gasteiger partial charge < -0.3 is 20.6 Å². The number of alkyl halides is 3. The van der Waals surface area contributed by atoms with Gasteiger partial charge in [-0.3, -0.25) is 9.59 Å². The van der Waals surface area contributed by atoms with E-state index in [1.54, 1.807) is 36.4 Å².